The van der Waals surface area contributed by atoms with Gasteiger partial charge < -0.3 is 9.47 Å². The van der Waals surface area contributed by atoms with E-state index in [4.69, 9.17) is 0 Å². The van der Waals surface area contributed by atoms with Crippen LogP contribution in [-0.2, 0) is 16.2 Å². The summed E-state index contributed by atoms with van der Waals surface area (Å²) < 4.78 is 2.48. The Hall–Kier alpha value is -6.38. The molecule has 276 valence electrons. The first kappa shape index (κ1) is 33.9. The molecule has 0 N–H and O–H groups in total. The largest absolute Gasteiger partial charge is 0.308 e. The Balaban J connectivity index is 1.31. The molecule has 0 saturated carbocycles. The Bertz CT molecular complexity index is 3100. The number of benzene rings is 8. The van der Waals surface area contributed by atoms with E-state index < -0.39 is 0 Å². The molecule has 2 aliphatic carbocycles. The molecule has 8 aromatic carbocycles. The first-order valence-electron chi connectivity index (χ1n) is 20.4. The van der Waals surface area contributed by atoms with Gasteiger partial charge >= 0.3 is 0 Å². The van der Waals surface area contributed by atoms with Gasteiger partial charge in [0.1, 0.15) is 0 Å². The summed E-state index contributed by atoms with van der Waals surface area (Å²) in [5.74, 6) is 0. The van der Waals surface area contributed by atoms with Crippen LogP contribution in [0.2, 0.25) is 0 Å². The van der Waals surface area contributed by atoms with Gasteiger partial charge in [0.05, 0.1) is 22.4 Å². The van der Waals surface area contributed by atoms with Gasteiger partial charge in [-0.1, -0.05) is 169 Å². The summed E-state index contributed by atoms with van der Waals surface area (Å²) in [6, 6.07) is 63.6. The van der Waals surface area contributed by atoms with Crippen LogP contribution in [0, 0.1) is 0 Å². The van der Waals surface area contributed by atoms with Crippen molar-refractivity contribution < 1.29 is 0 Å². The fraction of sp³-hybridized carbons (Fsp3) is 0.164. The molecule has 11 rings (SSSR count). The lowest BCUT2D eigenvalue weighted by Crippen LogP contribution is -2.43. The SMILES string of the molecule is CC1(C)c2ccccc2-c2c(N(c3ccc4c(c3)C(C)(C)C(C)(C)c3ccccc3-4)c3cccc4c5ccccc5n(-c5ccccc5)c34)cc3ccccc3c21. The van der Waals surface area contributed by atoms with E-state index in [1.54, 1.807) is 0 Å². The van der Waals surface area contributed by atoms with Gasteiger partial charge in [0, 0.05) is 33.1 Å². The van der Waals surface area contributed by atoms with Gasteiger partial charge in [0.15, 0.2) is 0 Å². The summed E-state index contributed by atoms with van der Waals surface area (Å²) in [5.41, 5.74) is 17.5. The van der Waals surface area contributed by atoms with E-state index in [1.165, 1.54) is 82.8 Å². The molecule has 1 heterocycles. The monoisotopic (exact) mass is 734 g/mol. The van der Waals surface area contributed by atoms with Crippen molar-refractivity contribution in [1.29, 1.82) is 0 Å². The lowest BCUT2D eigenvalue weighted by atomic mass is 9.55. The van der Waals surface area contributed by atoms with E-state index in [0.717, 1.165) is 17.1 Å². The Morgan fingerprint density at radius 1 is 0.439 bits per heavy atom. The Kier molecular flexibility index (Phi) is 7.03. The van der Waals surface area contributed by atoms with E-state index in [-0.39, 0.29) is 16.2 Å². The predicted molar refractivity (Wildman–Crippen MR) is 242 cm³/mol. The zero-order valence-electron chi connectivity index (χ0n) is 33.6. The zero-order chi connectivity index (χ0) is 38.8. The van der Waals surface area contributed by atoms with Crippen molar-refractivity contribution >= 4 is 49.6 Å². The highest BCUT2D eigenvalue weighted by Crippen LogP contribution is 2.59. The maximum atomic E-state index is 2.61. The van der Waals surface area contributed by atoms with Gasteiger partial charge in [-0.2, -0.15) is 0 Å². The maximum Gasteiger partial charge on any atom is 0.0782 e. The van der Waals surface area contributed by atoms with Crippen molar-refractivity contribution in [3.63, 3.8) is 0 Å². The number of hydrogen-bond donors (Lipinski definition) is 0. The maximum absolute atomic E-state index is 2.61. The molecular formula is C55H46N2. The van der Waals surface area contributed by atoms with Crippen LogP contribution in [0.5, 0.6) is 0 Å². The number of aromatic nitrogens is 1. The van der Waals surface area contributed by atoms with Crippen molar-refractivity contribution in [1.82, 2.24) is 4.57 Å². The smallest absolute Gasteiger partial charge is 0.0782 e. The van der Waals surface area contributed by atoms with E-state index in [1.807, 2.05) is 0 Å². The summed E-state index contributed by atoms with van der Waals surface area (Å²) >= 11 is 0. The molecule has 0 bridgehead atoms. The Morgan fingerprint density at radius 3 is 1.86 bits per heavy atom. The first-order valence-corrected chi connectivity index (χ1v) is 20.4. The standard InChI is InChI=1S/C55H46N2/c1-53(2)44-27-15-13-25-43(44)50-49(33-35-19-10-11-22-38(35)51(50)53)56(37-31-32-40-39-23-12-16-28-45(39)54(3,4)55(5,6)46(40)34-37)48-30-18-26-42-41-24-14-17-29-47(41)57(52(42)48)36-20-8-7-9-21-36/h7-34H,1-6H3. The third-order valence-electron chi connectivity index (χ3n) is 14.1. The fourth-order valence-corrected chi connectivity index (χ4v) is 10.6. The van der Waals surface area contributed by atoms with Crippen LogP contribution in [0.3, 0.4) is 0 Å². The van der Waals surface area contributed by atoms with E-state index in [9.17, 15) is 0 Å². The average Bonchev–Trinajstić information content (AvgIpc) is 3.70. The molecular weight excluding hydrogens is 689 g/mol. The summed E-state index contributed by atoms with van der Waals surface area (Å²) in [6.07, 6.45) is 0. The molecule has 0 radical (unpaired) electrons. The minimum absolute atomic E-state index is 0.0903. The molecule has 2 nitrogen and oxygen atoms in total. The number of rotatable bonds is 4. The van der Waals surface area contributed by atoms with Gasteiger partial charge in [-0.15, -0.1) is 0 Å². The molecule has 0 spiro atoms. The van der Waals surface area contributed by atoms with Crippen LogP contribution >= 0.6 is 0 Å². The quantitative estimate of drug-likeness (QED) is 0.175. The lowest BCUT2D eigenvalue weighted by Gasteiger charge is -2.48. The number of fused-ring (bicyclic) bond motifs is 11. The van der Waals surface area contributed by atoms with Crippen LogP contribution in [-0.4, -0.2) is 4.57 Å². The second kappa shape index (κ2) is 11.8. The van der Waals surface area contributed by atoms with Crippen LogP contribution < -0.4 is 4.90 Å². The lowest BCUT2D eigenvalue weighted by molar-refractivity contribution is 0.299. The highest BCUT2D eigenvalue weighted by atomic mass is 15.2. The van der Waals surface area contributed by atoms with Crippen molar-refractivity contribution in [2.75, 3.05) is 4.90 Å². The second-order valence-electron chi connectivity index (χ2n) is 17.8. The van der Waals surface area contributed by atoms with Crippen molar-refractivity contribution in [2.45, 2.75) is 57.8 Å². The Morgan fingerprint density at radius 2 is 1.05 bits per heavy atom. The highest BCUT2D eigenvalue weighted by molar-refractivity contribution is 6.16. The molecule has 0 amide bonds. The zero-order valence-corrected chi connectivity index (χ0v) is 33.6. The summed E-state index contributed by atoms with van der Waals surface area (Å²) in [5, 5.41) is 5.06. The highest BCUT2D eigenvalue weighted by Gasteiger charge is 2.46. The van der Waals surface area contributed by atoms with Crippen LogP contribution in [0.15, 0.2) is 170 Å². The molecule has 0 saturated heterocycles. The van der Waals surface area contributed by atoms with Crippen molar-refractivity contribution in [2.24, 2.45) is 0 Å². The van der Waals surface area contributed by atoms with Gasteiger partial charge in [0.2, 0.25) is 0 Å². The molecule has 0 unspecified atom stereocenters. The van der Waals surface area contributed by atoms with Crippen LogP contribution in [0.4, 0.5) is 17.1 Å². The van der Waals surface area contributed by atoms with Gasteiger partial charge in [0.25, 0.3) is 0 Å². The number of nitrogens with zero attached hydrogens (tertiary/aromatic N) is 2. The molecule has 2 aliphatic rings. The van der Waals surface area contributed by atoms with E-state index >= 15 is 0 Å². The van der Waals surface area contributed by atoms with Gasteiger partial charge in [-0.3, -0.25) is 0 Å². The minimum Gasteiger partial charge on any atom is -0.308 e. The number of hydrogen-bond acceptors (Lipinski definition) is 1. The third kappa shape index (κ3) is 4.53. The van der Waals surface area contributed by atoms with Gasteiger partial charge in [-0.25, -0.2) is 0 Å². The molecule has 0 aliphatic heterocycles. The number of anilines is 3. The molecule has 9 aromatic rings. The fourth-order valence-electron chi connectivity index (χ4n) is 10.6. The molecule has 2 heteroatoms. The first-order chi connectivity index (χ1) is 27.6. The van der Waals surface area contributed by atoms with Crippen molar-refractivity contribution in [3.05, 3.63) is 192 Å². The van der Waals surface area contributed by atoms with Crippen LogP contribution in [0.1, 0.15) is 63.8 Å². The van der Waals surface area contributed by atoms with E-state index in [2.05, 4.69) is 221 Å². The molecule has 57 heavy (non-hydrogen) atoms. The van der Waals surface area contributed by atoms with E-state index in [0.29, 0.717) is 0 Å². The second-order valence-corrected chi connectivity index (χ2v) is 17.8. The predicted octanol–water partition coefficient (Wildman–Crippen LogP) is 14.9. The third-order valence-corrected chi connectivity index (χ3v) is 14.1. The van der Waals surface area contributed by atoms with Crippen molar-refractivity contribution in [3.8, 4) is 27.9 Å². The summed E-state index contributed by atoms with van der Waals surface area (Å²) in [4.78, 5) is 2.61. The minimum atomic E-state index is -0.191. The Labute approximate surface area is 335 Å². The number of para-hydroxylation sites is 3. The summed E-state index contributed by atoms with van der Waals surface area (Å²) in [6.45, 7) is 14.5. The molecule has 0 fully saturated rings. The van der Waals surface area contributed by atoms with Gasteiger partial charge in [-0.05, 0) is 103 Å². The molecule has 1 aromatic heterocycles. The van der Waals surface area contributed by atoms with Crippen LogP contribution in [0.25, 0.3) is 60.5 Å². The topological polar surface area (TPSA) is 8.17 Å². The average molecular weight is 735 g/mol. The summed E-state index contributed by atoms with van der Waals surface area (Å²) in [7, 11) is 0. The normalized spacial score (nSPS) is 15.6. The molecule has 0 atom stereocenters.